The molecule has 5 nitrogen and oxygen atoms in total. The van der Waals surface area contributed by atoms with E-state index in [-0.39, 0.29) is 11.9 Å². The van der Waals surface area contributed by atoms with Crippen LogP contribution in [0, 0.1) is 0 Å². The summed E-state index contributed by atoms with van der Waals surface area (Å²) < 4.78 is 10.1. The van der Waals surface area contributed by atoms with Crippen LogP contribution in [0.5, 0.6) is 0 Å². The summed E-state index contributed by atoms with van der Waals surface area (Å²) in [4.78, 5) is 13.6. The lowest BCUT2D eigenvalue weighted by Gasteiger charge is -2.23. The fourth-order valence-corrected chi connectivity index (χ4v) is 1.36. The molecule has 2 N–H and O–H groups in total. The number of furan rings is 1. The number of nitrogens with two attached hydrogens (primary N) is 1. The molecule has 0 aliphatic rings. The van der Waals surface area contributed by atoms with Crippen molar-refractivity contribution < 1.29 is 13.9 Å². The Hall–Kier alpha value is -1.33. The van der Waals surface area contributed by atoms with E-state index in [1.807, 2.05) is 6.92 Å². The van der Waals surface area contributed by atoms with Crippen molar-refractivity contribution in [1.29, 1.82) is 0 Å². The van der Waals surface area contributed by atoms with E-state index >= 15 is 0 Å². The number of rotatable bonds is 5. The molecular weight excluding hydrogens is 208 g/mol. The second-order valence-corrected chi connectivity index (χ2v) is 3.73. The van der Waals surface area contributed by atoms with Crippen LogP contribution in [-0.2, 0) is 11.3 Å². The van der Waals surface area contributed by atoms with Crippen molar-refractivity contribution in [1.82, 2.24) is 4.90 Å². The van der Waals surface area contributed by atoms with Crippen LogP contribution in [0.3, 0.4) is 0 Å². The molecule has 1 amide bonds. The first kappa shape index (κ1) is 12.7. The molecule has 16 heavy (non-hydrogen) atoms. The van der Waals surface area contributed by atoms with Gasteiger partial charge in [0.15, 0.2) is 0 Å². The summed E-state index contributed by atoms with van der Waals surface area (Å²) in [5, 5.41) is 0. The lowest BCUT2D eigenvalue weighted by atomic mass is 10.2. The Bertz CT molecular complexity index is 349. The minimum Gasteiger partial charge on any atom is -0.467 e. The van der Waals surface area contributed by atoms with E-state index in [9.17, 15) is 4.79 Å². The number of likely N-dealkylation sites (N-methyl/N-ethyl adjacent to an activating group) is 1. The molecule has 1 atom stereocenters. The molecule has 1 heterocycles. The van der Waals surface area contributed by atoms with Gasteiger partial charge >= 0.3 is 0 Å². The Morgan fingerprint density at radius 2 is 2.38 bits per heavy atom. The van der Waals surface area contributed by atoms with Crippen molar-refractivity contribution in [3.05, 3.63) is 23.7 Å². The van der Waals surface area contributed by atoms with Gasteiger partial charge in [-0.25, -0.2) is 0 Å². The van der Waals surface area contributed by atoms with E-state index in [4.69, 9.17) is 14.9 Å². The zero-order chi connectivity index (χ0) is 12.1. The van der Waals surface area contributed by atoms with Crippen molar-refractivity contribution in [3.63, 3.8) is 0 Å². The van der Waals surface area contributed by atoms with Crippen molar-refractivity contribution in [2.75, 3.05) is 20.8 Å². The van der Waals surface area contributed by atoms with Crippen molar-refractivity contribution in [2.45, 2.75) is 19.5 Å². The van der Waals surface area contributed by atoms with Crippen LogP contribution in [-0.4, -0.2) is 37.6 Å². The van der Waals surface area contributed by atoms with Gasteiger partial charge in [-0.15, -0.1) is 0 Å². The number of ether oxygens (including phenoxy) is 1. The monoisotopic (exact) mass is 226 g/mol. The third-order valence-electron chi connectivity index (χ3n) is 2.49. The number of hydrogen-bond donors (Lipinski definition) is 1. The molecule has 90 valence electrons. The molecule has 0 aliphatic heterocycles. The third-order valence-corrected chi connectivity index (χ3v) is 2.49. The first-order chi connectivity index (χ1) is 7.60. The number of amides is 1. The number of nitrogens with zero attached hydrogens (tertiary/aromatic N) is 1. The maximum absolute atomic E-state index is 12.0. The summed E-state index contributed by atoms with van der Waals surface area (Å²) in [6, 6.07) is 1.69. The van der Waals surface area contributed by atoms with Crippen molar-refractivity contribution >= 4 is 5.91 Å². The van der Waals surface area contributed by atoms with E-state index in [0.717, 1.165) is 0 Å². The molecule has 1 rings (SSSR count). The molecule has 0 fully saturated rings. The lowest BCUT2D eigenvalue weighted by molar-refractivity contribution is 0.0633. The summed E-state index contributed by atoms with van der Waals surface area (Å²) >= 11 is 0. The van der Waals surface area contributed by atoms with E-state index in [0.29, 0.717) is 24.5 Å². The minimum absolute atomic E-state index is 0.0220. The topological polar surface area (TPSA) is 68.7 Å². The maximum atomic E-state index is 12.0. The molecule has 1 unspecified atom stereocenters. The van der Waals surface area contributed by atoms with Gasteiger partial charge in [-0.1, -0.05) is 0 Å². The van der Waals surface area contributed by atoms with Gasteiger partial charge in [-0.2, -0.15) is 0 Å². The Kier molecular flexibility index (Phi) is 4.52. The molecule has 0 aliphatic carbocycles. The van der Waals surface area contributed by atoms with Crippen LogP contribution in [0.1, 0.15) is 23.0 Å². The molecule has 0 aromatic carbocycles. The Labute approximate surface area is 95.2 Å². The SMILES string of the molecule is COCC(C)N(C)C(=O)c1coc(CN)c1. The van der Waals surface area contributed by atoms with E-state index in [2.05, 4.69) is 0 Å². The van der Waals surface area contributed by atoms with Crippen LogP contribution in [0.2, 0.25) is 0 Å². The Morgan fingerprint density at radius 1 is 1.69 bits per heavy atom. The number of methoxy groups -OCH3 is 1. The molecule has 0 saturated heterocycles. The molecule has 0 spiro atoms. The lowest BCUT2D eigenvalue weighted by Crippen LogP contribution is -2.37. The summed E-state index contributed by atoms with van der Waals surface area (Å²) in [6.07, 6.45) is 1.43. The van der Waals surface area contributed by atoms with Gasteiger partial charge in [0.25, 0.3) is 5.91 Å². The highest BCUT2D eigenvalue weighted by Gasteiger charge is 2.18. The maximum Gasteiger partial charge on any atom is 0.257 e. The second-order valence-electron chi connectivity index (χ2n) is 3.73. The zero-order valence-corrected chi connectivity index (χ0v) is 9.90. The summed E-state index contributed by atoms with van der Waals surface area (Å²) in [7, 11) is 3.35. The molecular formula is C11H18N2O3. The van der Waals surface area contributed by atoms with Crippen LogP contribution in [0.4, 0.5) is 0 Å². The van der Waals surface area contributed by atoms with Gasteiger partial charge in [-0.05, 0) is 13.0 Å². The second kappa shape index (κ2) is 5.67. The molecule has 1 aromatic rings. The summed E-state index contributed by atoms with van der Waals surface area (Å²) in [5.74, 6) is 0.518. The predicted molar refractivity (Wildman–Crippen MR) is 60.0 cm³/mol. The highest BCUT2D eigenvalue weighted by molar-refractivity contribution is 5.94. The number of carbonyl (C=O) groups is 1. The van der Waals surface area contributed by atoms with Crippen molar-refractivity contribution in [3.8, 4) is 0 Å². The van der Waals surface area contributed by atoms with Crippen molar-refractivity contribution in [2.24, 2.45) is 5.73 Å². The first-order valence-electron chi connectivity index (χ1n) is 5.13. The van der Waals surface area contributed by atoms with E-state index < -0.39 is 0 Å². The third kappa shape index (κ3) is 2.84. The highest BCUT2D eigenvalue weighted by Crippen LogP contribution is 2.11. The normalized spacial score (nSPS) is 12.5. The molecule has 5 heteroatoms. The molecule has 0 bridgehead atoms. The highest BCUT2D eigenvalue weighted by atomic mass is 16.5. The standard InChI is InChI=1S/C11H18N2O3/c1-8(6-15-3)13(2)11(14)9-4-10(5-12)16-7-9/h4,7-8H,5-6,12H2,1-3H3. The largest absolute Gasteiger partial charge is 0.467 e. The van der Waals surface area contributed by atoms with Crippen LogP contribution < -0.4 is 5.73 Å². The molecule has 0 radical (unpaired) electrons. The van der Waals surface area contributed by atoms with Gasteiger partial charge < -0.3 is 19.8 Å². The first-order valence-corrected chi connectivity index (χ1v) is 5.13. The molecule has 0 saturated carbocycles. The molecule has 1 aromatic heterocycles. The fourth-order valence-electron chi connectivity index (χ4n) is 1.36. The summed E-state index contributed by atoms with van der Waals surface area (Å²) in [6.45, 7) is 2.72. The average molecular weight is 226 g/mol. The Morgan fingerprint density at radius 3 is 2.88 bits per heavy atom. The number of carbonyl (C=O) groups excluding carboxylic acids is 1. The predicted octanol–water partition coefficient (Wildman–Crippen LogP) is 0.845. The van der Waals surface area contributed by atoms with Gasteiger partial charge in [0.05, 0.1) is 24.8 Å². The average Bonchev–Trinajstić information content (AvgIpc) is 2.75. The quantitative estimate of drug-likeness (QED) is 0.808. The van der Waals surface area contributed by atoms with Gasteiger partial charge in [0.2, 0.25) is 0 Å². The van der Waals surface area contributed by atoms with Crippen LogP contribution in [0.15, 0.2) is 16.7 Å². The van der Waals surface area contributed by atoms with Crippen LogP contribution in [0.25, 0.3) is 0 Å². The van der Waals surface area contributed by atoms with Crippen LogP contribution >= 0.6 is 0 Å². The van der Waals surface area contributed by atoms with E-state index in [1.54, 1.807) is 25.1 Å². The summed E-state index contributed by atoms with van der Waals surface area (Å²) in [5.41, 5.74) is 5.93. The Balaban J connectivity index is 2.69. The van der Waals surface area contributed by atoms with Gasteiger partial charge in [0, 0.05) is 14.2 Å². The number of hydrogen-bond acceptors (Lipinski definition) is 4. The minimum atomic E-state index is -0.0898. The van der Waals surface area contributed by atoms with Gasteiger partial charge in [0.1, 0.15) is 12.0 Å². The smallest absolute Gasteiger partial charge is 0.257 e. The van der Waals surface area contributed by atoms with Gasteiger partial charge in [-0.3, -0.25) is 4.79 Å². The zero-order valence-electron chi connectivity index (χ0n) is 9.90. The van der Waals surface area contributed by atoms with E-state index in [1.165, 1.54) is 6.26 Å². The fraction of sp³-hybridized carbons (Fsp3) is 0.545.